The summed E-state index contributed by atoms with van der Waals surface area (Å²) in [5, 5.41) is 0.434. The molecule has 0 atom stereocenters. The highest BCUT2D eigenvalue weighted by Gasteiger charge is 2.13. The minimum Gasteiger partial charge on any atom is -0.358 e. The second-order valence-corrected chi connectivity index (χ2v) is 5.52. The number of aromatic nitrogens is 1. The van der Waals surface area contributed by atoms with E-state index in [9.17, 15) is 9.18 Å². The molecule has 1 heterocycles. The Hall–Kier alpha value is -1.68. The van der Waals surface area contributed by atoms with Crippen LogP contribution in [0.15, 0.2) is 23.0 Å². The molecule has 0 radical (unpaired) electrons. The quantitative estimate of drug-likeness (QED) is 0.882. The van der Waals surface area contributed by atoms with E-state index in [1.807, 2.05) is 6.92 Å². The van der Waals surface area contributed by atoms with Gasteiger partial charge in [-0.3, -0.25) is 9.69 Å². The maximum absolute atomic E-state index is 13.4. The molecular weight excluding hydrogens is 267 g/mol. The smallest absolute Gasteiger partial charge is 0.194 e. The fourth-order valence-electron chi connectivity index (χ4n) is 2.74. The van der Waals surface area contributed by atoms with Crippen LogP contribution in [0.4, 0.5) is 4.39 Å². The summed E-state index contributed by atoms with van der Waals surface area (Å²) in [4.78, 5) is 18.1. The molecule has 3 nitrogen and oxygen atoms in total. The first-order chi connectivity index (χ1) is 10.1. The lowest BCUT2D eigenvalue weighted by atomic mass is 10.1. The Bertz CT molecular complexity index is 672. The average molecular weight is 290 g/mol. The molecule has 0 fully saturated rings. The van der Waals surface area contributed by atoms with Gasteiger partial charge in [0.25, 0.3) is 0 Å². The summed E-state index contributed by atoms with van der Waals surface area (Å²) in [5.41, 5.74) is 2.25. The second kappa shape index (κ2) is 6.85. The van der Waals surface area contributed by atoms with Gasteiger partial charge in [-0.05, 0) is 51.1 Å². The van der Waals surface area contributed by atoms with Crippen LogP contribution in [0.5, 0.6) is 0 Å². The number of fused-ring (bicyclic) bond motifs is 1. The summed E-state index contributed by atoms with van der Waals surface area (Å²) in [6, 6.07) is 4.32. The Balaban J connectivity index is 2.45. The van der Waals surface area contributed by atoms with Crippen LogP contribution in [0, 0.1) is 12.7 Å². The van der Waals surface area contributed by atoms with E-state index in [1.165, 1.54) is 12.1 Å². The van der Waals surface area contributed by atoms with Crippen molar-refractivity contribution in [2.24, 2.45) is 0 Å². The Labute approximate surface area is 124 Å². The molecule has 2 aromatic rings. The van der Waals surface area contributed by atoms with E-state index in [4.69, 9.17) is 0 Å². The summed E-state index contributed by atoms with van der Waals surface area (Å²) >= 11 is 0. The van der Waals surface area contributed by atoms with Crippen molar-refractivity contribution in [3.8, 4) is 0 Å². The molecular formula is C17H23FN2O. The van der Waals surface area contributed by atoms with E-state index in [0.29, 0.717) is 17.4 Å². The van der Waals surface area contributed by atoms with Gasteiger partial charge in [0.1, 0.15) is 5.82 Å². The lowest BCUT2D eigenvalue weighted by molar-refractivity contribution is 0.265. The summed E-state index contributed by atoms with van der Waals surface area (Å²) in [6.07, 6.45) is 2.11. The minimum absolute atomic E-state index is 0.0574. The zero-order chi connectivity index (χ0) is 15.4. The van der Waals surface area contributed by atoms with Gasteiger partial charge in [0.15, 0.2) is 5.43 Å². The van der Waals surface area contributed by atoms with Gasteiger partial charge < -0.3 is 4.98 Å². The molecule has 0 aliphatic carbocycles. The molecule has 0 aliphatic rings. The number of aryl methyl sites for hydroxylation is 1. The highest BCUT2D eigenvalue weighted by molar-refractivity contribution is 5.79. The van der Waals surface area contributed by atoms with Crippen molar-refractivity contribution < 1.29 is 4.39 Å². The van der Waals surface area contributed by atoms with E-state index in [-0.39, 0.29) is 11.2 Å². The normalized spacial score (nSPS) is 11.5. The number of rotatable bonds is 6. The Kier molecular flexibility index (Phi) is 5.12. The van der Waals surface area contributed by atoms with Crippen molar-refractivity contribution in [2.45, 2.75) is 40.2 Å². The van der Waals surface area contributed by atoms with Gasteiger partial charge in [-0.25, -0.2) is 4.39 Å². The van der Waals surface area contributed by atoms with E-state index in [0.717, 1.165) is 37.2 Å². The highest BCUT2D eigenvalue weighted by atomic mass is 19.1. The molecule has 0 unspecified atom stereocenters. The fraction of sp³-hybridized carbons (Fsp3) is 0.471. The third kappa shape index (κ3) is 3.50. The first-order valence-corrected chi connectivity index (χ1v) is 7.60. The summed E-state index contributed by atoms with van der Waals surface area (Å²) < 4.78 is 13.4. The number of nitrogens with one attached hydrogen (secondary N) is 1. The van der Waals surface area contributed by atoms with Crippen LogP contribution in [0.3, 0.4) is 0 Å². The third-order valence-electron chi connectivity index (χ3n) is 3.74. The topological polar surface area (TPSA) is 36.1 Å². The minimum atomic E-state index is -0.373. The van der Waals surface area contributed by atoms with Crippen molar-refractivity contribution in [3.05, 3.63) is 45.5 Å². The predicted molar refractivity (Wildman–Crippen MR) is 85.1 cm³/mol. The molecule has 0 saturated carbocycles. The lowest BCUT2D eigenvalue weighted by Crippen LogP contribution is -2.29. The number of H-pyrrole nitrogens is 1. The van der Waals surface area contributed by atoms with Gasteiger partial charge in [0, 0.05) is 28.7 Å². The number of nitrogens with zero attached hydrogens (tertiary/aromatic N) is 1. The Morgan fingerprint density at radius 1 is 1.19 bits per heavy atom. The molecule has 0 aliphatic heterocycles. The van der Waals surface area contributed by atoms with Crippen LogP contribution in [0.25, 0.3) is 10.9 Å². The van der Waals surface area contributed by atoms with Gasteiger partial charge in [0.2, 0.25) is 0 Å². The molecule has 0 saturated heterocycles. The molecule has 0 spiro atoms. The fourth-order valence-corrected chi connectivity index (χ4v) is 2.74. The molecule has 0 bridgehead atoms. The van der Waals surface area contributed by atoms with E-state index >= 15 is 0 Å². The van der Waals surface area contributed by atoms with Crippen molar-refractivity contribution in [1.29, 1.82) is 0 Å². The highest BCUT2D eigenvalue weighted by Crippen LogP contribution is 2.14. The van der Waals surface area contributed by atoms with E-state index in [2.05, 4.69) is 23.7 Å². The Morgan fingerprint density at radius 2 is 1.86 bits per heavy atom. The van der Waals surface area contributed by atoms with E-state index in [1.54, 1.807) is 6.07 Å². The van der Waals surface area contributed by atoms with Crippen molar-refractivity contribution >= 4 is 10.9 Å². The third-order valence-corrected chi connectivity index (χ3v) is 3.74. The van der Waals surface area contributed by atoms with Crippen molar-refractivity contribution in [1.82, 2.24) is 9.88 Å². The van der Waals surface area contributed by atoms with Gasteiger partial charge in [0.05, 0.1) is 0 Å². The summed E-state index contributed by atoms with van der Waals surface area (Å²) in [5.74, 6) is -0.373. The molecule has 1 aromatic heterocycles. The van der Waals surface area contributed by atoms with Crippen LogP contribution in [-0.4, -0.2) is 23.0 Å². The van der Waals surface area contributed by atoms with Gasteiger partial charge in [-0.15, -0.1) is 0 Å². The van der Waals surface area contributed by atoms with E-state index < -0.39 is 0 Å². The number of pyridine rings is 1. The second-order valence-electron chi connectivity index (χ2n) is 5.52. The molecule has 114 valence electrons. The van der Waals surface area contributed by atoms with Crippen molar-refractivity contribution in [2.75, 3.05) is 13.1 Å². The van der Waals surface area contributed by atoms with Crippen LogP contribution >= 0.6 is 0 Å². The van der Waals surface area contributed by atoms with Gasteiger partial charge >= 0.3 is 0 Å². The zero-order valence-electron chi connectivity index (χ0n) is 13.0. The maximum atomic E-state index is 13.4. The summed E-state index contributed by atoms with van der Waals surface area (Å²) in [6.45, 7) is 8.73. The average Bonchev–Trinajstić information content (AvgIpc) is 2.45. The molecule has 1 aromatic carbocycles. The standard InChI is InChI=1S/C17H23FN2O/c1-4-8-20(9-5-2)11-15-12(3)19-16-7-6-13(18)10-14(16)17(15)21/h6-7,10H,4-5,8-9,11H2,1-3H3,(H,19,21). The molecule has 4 heteroatoms. The number of benzene rings is 1. The first kappa shape index (κ1) is 15.7. The van der Waals surface area contributed by atoms with Crippen LogP contribution in [0.1, 0.15) is 37.9 Å². The number of aromatic amines is 1. The lowest BCUT2D eigenvalue weighted by Gasteiger charge is -2.21. The molecule has 21 heavy (non-hydrogen) atoms. The number of halogens is 1. The molecule has 2 rings (SSSR count). The van der Waals surface area contributed by atoms with Gasteiger partial charge in [-0.2, -0.15) is 0 Å². The first-order valence-electron chi connectivity index (χ1n) is 7.60. The SMILES string of the molecule is CCCN(CCC)Cc1c(C)[nH]c2ccc(F)cc2c1=O. The monoisotopic (exact) mass is 290 g/mol. The van der Waals surface area contributed by atoms with Crippen LogP contribution in [-0.2, 0) is 6.54 Å². The van der Waals surface area contributed by atoms with Crippen LogP contribution < -0.4 is 5.43 Å². The zero-order valence-corrected chi connectivity index (χ0v) is 13.0. The number of hydrogen-bond acceptors (Lipinski definition) is 2. The predicted octanol–water partition coefficient (Wildman–Crippen LogP) is 3.60. The molecule has 0 amide bonds. The maximum Gasteiger partial charge on any atom is 0.194 e. The van der Waals surface area contributed by atoms with Gasteiger partial charge in [-0.1, -0.05) is 13.8 Å². The van der Waals surface area contributed by atoms with Crippen LogP contribution in [0.2, 0.25) is 0 Å². The summed E-state index contributed by atoms with van der Waals surface area (Å²) in [7, 11) is 0. The largest absolute Gasteiger partial charge is 0.358 e. The Morgan fingerprint density at radius 3 is 2.48 bits per heavy atom. The molecule has 1 N–H and O–H groups in total. The number of hydrogen-bond donors (Lipinski definition) is 1. The van der Waals surface area contributed by atoms with Crippen molar-refractivity contribution in [3.63, 3.8) is 0 Å².